The molecule has 2 nitrogen and oxygen atoms in total. The Morgan fingerprint density at radius 3 is 0.812 bits per heavy atom. The van der Waals surface area contributed by atoms with E-state index in [4.69, 9.17) is 0 Å². The van der Waals surface area contributed by atoms with Gasteiger partial charge in [0.25, 0.3) is 0 Å². The van der Waals surface area contributed by atoms with Gasteiger partial charge in [-0.3, -0.25) is 0 Å². The summed E-state index contributed by atoms with van der Waals surface area (Å²) in [6.45, 7) is 17.9. The van der Waals surface area contributed by atoms with Crippen LogP contribution in [-0.2, 0) is 0 Å². The predicted octanol–water partition coefficient (Wildman–Crippen LogP) is 3.70. The second-order valence-electron chi connectivity index (χ2n) is 5.57. The summed E-state index contributed by atoms with van der Waals surface area (Å²) in [5.41, 5.74) is 0. The zero-order valence-corrected chi connectivity index (χ0v) is 12.4. The highest BCUT2D eigenvalue weighted by Gasteiger charge is 2.11. The highest BCUT2D eigenvalue weighted by atomic mass is 15.2. The van der Waals surface area contributed by atoms with Crippen LogP contribution >= 0.6 is 0 Å². The Labute approximate surface area is 102 Å². The maximum Gasteiger partial charge on any atom is 0.0231 e. The summed E-state index contributed by atoms with van der Waals surface area (Å²) >= 11 is 0. The molecule has 0 saturated heterocycles. The van der Waals surface area contributed by atoms with Gasteiger partial charge < -0.3 is 9.80 Å². The zero-order valence-electron chi connectivity index (χ0n) is 12.4. The number of hydrogen-bond acceptors (Lipinski definition) is 2. The average Bonchev–Trinajstić information content (AvgIpc) is 2.09. The van der Waals surface area contributed by atoms with Crippen LogP contribution in [0, 0.1) is 0 Å². The number of nitrogens with zero attached hydrogens (tertiary/aromatic N) is 2. The van der Waals surface area contributed by atoms with E-state index >= 15 is 0 Å². The van der Waals surface area contributed by atoms with Gasteiger partial charge in [0.2, 0.25) is 0 Å². The van der Waals surface area contributed by atoms with Crippen molar-refractivity contribution in [3.8, 4) is 0 Å². The fourth-order valence-electron chi connectivity index (χ4n) is 2.04. The molecule has 16 heavy (non-hydrogen) atoms. The summed E-state index contributed by atoms with van der Waals surface area (Å²) in [5.74, 6) is 0. The van der Waals surface area contributed by atoms with E-state index in [-0.39, 0.29) is 0 Å². The van der Waals surface area contributed by atoms with Crippen molar-refractivity contribution in [2.24, 2.45) is 0 Å². The molecule has 0 spiro atoms. The Morgan fingerprint density at radius 1 is 0.500 bits per heavy atom. The Hall–Kier alpha value is -0.660. The van der Waals surface area contributed by atoms with E-state index < -0.39 is 0 Å². The SMILES string of the molecule is CC(C)N(/C=C/N(C(C)C)C(C)C)C(C)C. The first kappa shape index (κ1) is 15.3. The minimum atomic E-state index is 0.553. The van der Waals surface area contributed by atoms with Crippen LogP contribution in [0.25, 0.3) is 0 Å². The fourth-order valence-corrected chi connectivity index (χ4v) is 2.04. The van der Waals surface area contributed by atoms with Crippen LogP contribution in [0.2, 0.25) is 0 Å². The fraction of sp³-hybridized carbons (Fsp3) is 0.857. The highest BCUT2D eigenvalue weighted by molar-refractivity contribution is 4.89. The summed E-state index contributed by atoms with van der Waals surface area (Å²) in [6.07, 6.45) is 4.46. The highest BCUT2D eigenvalue weighted by Crippen LogP contribution is 2.10. The lowest BCUT2D eigenvalue weighted by molar-refractivity contribution is 0.225. The second-order valence-corrected chi connectivity index (χ2v) is 5.57. The smallest absolute Gasteiger partial charge is 0.0231 e. The van der Waals surface area contributed by atoms with E-state index in [1.165, 1.54) is 0 Å². The normalized spacial score (nSPS) is 12.5. The van der Waals surface area contributed by atoms with E-state index in [2.05, 4.69) is 77.6 Å². The van der Waals surface area contributed by atoms with Crippen LogP contribution in [-0.4, -0.2) is 34.0 Å². The second kappa shape index (κ2) is 6.82. The molecule has 96 valence electrons. The first-order valence-electron chi connectivity index (χ1n) is 6.50. The third-order valence-corrected chi connectivity index (χ3v) is 2.80. The van der Waals surface area contributed by atoms with Crippen LogP contribution < -0.4 is 0 Å². The van der Waals surface area contributed by atoms with Crippen LogP contribution in [0.3, 0.4) is 0 Å². The molecule has 0 unspecified atom stereocenters. The molecule has 0 saturated carbocycles. The monoisotopic (exact) mass is 226 g/mol. The Bertz CT molecular complexity index is 167. The lowest BCUT2D eigenvalue weighted by Gasteiger charge is -2.33. The quantitative estimate of drug-likeness (QED) is 0.681. The molecule has 0 N–H and O–H groups in total. The molecule has 0 fully saturated rings. The molecule has 0 aliphatic rings. The van der Waals surface area contributed by atoms with Gasteiger partial charge in [-0.25, -0.2) is 0 Å². The van der Waals surface area contributed by atoms with Crippen molar-refractivity contribution < 1.29 is 0 Å². The Balaban J connectivity index is 4.63. The molecule has 0 atom stereocenters. The molecule has 0 radical (unpaired) electrons. The first-order chi connectivity index (χ1) is 7.27. The molecule has 2 heteroatoms. The number of rotatable bonds is 6. The zero-order chi connectivity index (χ0) is 12.9. The molecule has 0 heterocycles. The van der Waals surface area contributed by atoms with Crippen molar-refractivity contribution in [2.75, 3.05) is 0 Å². The van der Waals surface area contributed by atoms with E-state index in [0.717, 1.165) is 0 Å². The third-order valence-electron chi connectivity index (χ3n) is 2.80. The molecule has 0 rings (SSSR count). The lowest BCUT2D eigenvalue weighted by atomic mass is 10.2. The van der Waals surface area contributed by atoms with Crippen molar-refractivity contribution in [3.63, 3.8) is 0 Å². The van der Waals surface area contributed by atoms with E-state index in [0.29, 0.717) is 24.2 Å². The molecule has 0 aliphatic heterocycles. The van der Waals surface area contributed by atoms with Crippen molar-refractivity contribution in [1.82, 2.24) is 9.80 Å². The van der Waals surface area contributed by atoms with Gasteiger partial charge >= 0.3 is 0 Å². The number of hydrogen-bond donors (Lipinski definition) is 0. The Kier molecular flexibility index (Phi) is 6.54. The van der Waals surface area contributed by atoms with Gasteiger partial charge in [0, 0.05) is 36.6 Å². The van der Waals surface area contributed by atoms with Crippen LogP contribution in [0.5, 0.6) is 0 Å². The average molecular weight is 226 g/mol. The van der Waals surface area contributed by atoms with Crippen molar-refractivity contribution in [3.05, 3.63) is 12.4 Å². The maximum absolute atomic E-state index is 2.39. The molecule has 0 bridgehead atoms. The van der Waals surface area contributed by atoms with Gasteiger partial charge in [0.1, 0.15) is 0 Å². The van der Waals surface area contributed by atoms with Gasteiger partial charge in [0.15, 0.2) is 0 Å². The van der Waals surface area contributed by atoms with Crippen LogP contribution in [0.1, 0.15) is 55.4 Å². The molecule has 0 aliphatic carbocycles. The van der Waals surface area contributed by atoms with Crippen molar-refractivity contribution in [1.29, 1.82) is 0 Å². The van der Waals surface area contributed by atoms with E-state index in [1.807, 2.05) is 0 Å². The molecular formula is C14H30N2. The first-order valence-corrected chi connectivity index (χ1v) is 6.50. The largest absolute Gasteiger partial charge is 0.371 e. The van der Waals surface area contributed by atoms with E-state index in [9.17, 15) is 0 Å². The summed E-state index contributed by atoms with van der Waals surface area (Å²) in [4.78, 5) is 4.77. The van der Waals surface area contributed by atoms with Crippen LogP contribution in [0.4, 0.5) is 0 Å². The molecule has 0 aromatic heterocycles. The maximum atomic E-state index is 2.39. The summed E-state index contributed by atoms with van der Waals surface area (Å²) in [5, 5.41) is 0. The van der Waals surface area contributed by atoms with Gasteiger partial charge in [0.05, 0.1) is 0 Å². The van der Waals surface area contributed by atoms with Gasteiger partial charge in [-0.2, -0.15) is 0 Å². The molecular weight excluding hydrogens is 196 g/mol. The minimum Gasteiger partial charge on any atom is -0.371 e. The molecule has 0 aromatic rings. The summed E-state index contributed by atoms with van der Waals surface area (Å²) in [6, 6.07) is 2.21. The van der Waals surface area contributed by atoms with E-state index in [1.54, 1.807) is 0 Å². The third kappa shape index (κ3) is 4.91. The minimum absolute atomic E-state index is 0.553. The van der Waals surface area contributed by atoms with Crippen molar-refractivity contribution >= 4 is 0 Å². The molecule has 0 aromatic carbocycles. The lowest BCUT2D eigenvalue weighted by Crippen LogP contribution is -2.35. The van der Waals surface area contributed by atoms with Gasteiger partial charge in [-0.05, 0) is 55.4 Å². The summed E-state index contributed by atoms with van der Waals surface area (Å²) < 4.78 is 0. The van der Waals surface area contributed by atoms with Crippen molar-refractivity contribution in [2.45, 2.75) is 79.6 Å². The topological polar surface area (TPSA) is 6.48 Å². The predicted molar refractivity (Wildman–Crippen MR) is 73.4 cm³/mol. The Morgan fingerprint density at radius 2 is 0.688 bits per heavy atom. The summed E-state index contributed by atoms with van der Waals surface area (Å²) in [7, 11) is 0. The van der Waals surface area contributed by atoms with Gasteiger partial charge in [-0.15, -0.1) is 0 Å². The van der Waals surface area contributed by atoms with Crippen LogP contribution in [0.15, 0.2) is 12.4 Å². The standard InChI is InChI=1S/C14H30N2/c1-11(2)15(12(3)4)9-10-16(13(5)6)14(7)8/h9-14H,1-8H3/b10-9+. The molecule has 0 amide bonds. The van der Waals surface area contributed by atoms with Gasteiger partial charge in [-0.1, -0.05) is 0 Å².